The first-order valence-electron chi connectivity index (χ1n) is 6.44. The summed E-state index contributed by atoms with van der Waals surface area (Å²) >= 11 is 0. The third-order valence-electron chi connectivity index (χ3n) is 3.89. The van der Waals surface area contributed by atoms with Crippen LogP contribution in [0, 0.1) is 16.7 Å². The van der Waals surface area contributed by atoms with Gasteiger partial charge >= 0.3 is 7.12 Å². The molecular formula is C15H22BNO2. The minimum absolute atomic E-state index is 0.0721. The van der Waals surface area contributed by atoms with Crippen LogP contribution in [0.3, 0.4) is 0 Å². The number of nitrogens with zero attached hydrogens (tertiary/aromatic N) is 1. The molecule has 4 heteroatoms. The molecule has 1 rings (SSSR count). The van der Waals surface area contributed by atoms with E-state index in [1.807, 2.05) is 6.08 Å². The number of allylic oxidation sites excluding steroid dienone is 5. The lowest BCUT2D eigenvalue weighted by Crippen LogP contribution is -2.55. The van der Waals surface area contributed by atoms with E-state index in [-0.39, 0.29) is 11.0 Å². The third kappa shape index (κ3) is 3.37. The molecule has 0 N–H and O–H groups in total. The predicted octanol–water partition coefficient (Wildman–Crippen LogP) is 3.45. The van der Waals surface area contributed by atoms with Crippen molar-refractivity contribution < 1.29 is 9.31 Å². The van der Waals surface area contributed by atoms with Gasteiger partial charge in [-0.25, -0.2) is 0 Å². The van der Waals surface area contributed by atoms with Gasteiger partial charge in [0.1, 0.15) is 0 Å². The van der Waals surface area contributed by atoms with Crippen molar-refractivity contribution in [3.63, 3.8) is 0 Å². The molecule has 0 aromatic carbocycles. The van der Waals surface area contributed by atoms with E-state index >= 15 is 0 Å². The highest BCUT2D eigenvalue weighted by atomic mass is 16.6. The first-order valence-corrected chi connectivity index (χ1v) is 6.44. The molecule has 0 aromatic rings. The molecule has 1 aliphatic rings. The fraction of sp³-hybridized carbons (Fsp3) is 0.533. The average molecular weight is 259 g/mol. The number of rotatable bonds is 3. The zero-order chi connectivity index (χ0) is 14.7. The summed E-state index contributed by atoms with van der Waals surface area (Å²) in [6.07, 6.45) is 5.28. The summed E-state index contributed by atoms with van der Waals surface area (Å²) in [6.45, 7) is 14.3. The fourth-order valence-electron chi connectivity index (χ4n) is 1.69. The first-order chi connectivity index (χ1) is 8.75. The Labute approximate surface area is 116 Å². The van der Waals surface area contributed by atoms with Crippen LogP contribution in [0.2, 0.25) is 0 Å². The SMILES string of the molecule is C=C/C=C\C(B1OCC(C)(C)C(C)(C)O1)=C(/C)C#N. The summed E-state index contributed by atoms with van der Waals surface area (Å²) in [5.41, 5.74) is 0.959. The van der Waals surface area contributed by atoms with Crippen LogP contribution in [-0.4, -0.2) is 19.3 Å². The smallest absolute Gasteiger partial charge is 0.407 e. The maximum absolute atomic E-state index is 9.09. The van der Waals surface area contributed by atoms with E-state index in [1.54, 1.807) is 19.1 Å². The lowest BCUT2D eigenvalue weighted by Gasteiger charge is -2.47. The maximum Gasteiger partial charge on any atom is 0.495 e. The minimum atomic E-state index is -0.501. The molecule has 1 fully saturated rings. The quantitative estimate of drug-likeness (QED) is 0.443. The van der Waals surface area contributed by atoms with E-state index < -0.39 is 7.12 Å². The third-order valence-corrected chi connectivity index (χ3v) is 3.89. The normalized spacial score (nSPS) is 22.8. The van der Waals surface area contributed by atoms with Crippen molar-refractivity contribution in [2.45, 2.75) is 40.2 Å². The van der Waals surface area contributed by atoms with Gasteiger partial charge in [0, 0.05) is 17.6 Å². The average Bonchev–Trinajstić information content (AvgIpc) is 2.33. The van der Waals surface area contributed by atoms with Crippen molar-refractivity contribution in [3.8, 4) is 6.07 Å². The van der Waals surface area contributed by atoms with Gasteiger partial charge in [-0.1, -0.05) is 38.7 Å². The summed E-state index contributed by atoms with van der Waals surface area (Å²) in [7, 11) is -0.501. The van der Waals surface area contributed by atoms with Crippen LogP contribution in [0.15, 0.2) is 35.9 Å². The van der Waals surface area contributed by atoms with Crippen LogP contribution >= 0.6 is 0 Å². The number of hydrogen-bond acceptors (Lipinski definition) is 3. The zero-order valence-electron chi connectivity index (χ0n) is 12.5. The predicted molar refractivity (Wildman–Crippen MR) is 78.3 cm³/mol. The minimum Gasteiger partial charge on any atom is -0.407 e. The largest absolute Gasteiger partial charge is 0.495 e. The molecule has 3 nitrogen and oxygen atoms in total. The second-order valence-electron chi connectivity index (χ2n) is 5.94. The molecule has 0 unspecified atom stereocenters. The Kier molecular flexibility index (Phi) is 4.78. The fourth-order valence-corrected chi connectivity index (χ4v) is 1.69. The molecule has 0 spiro atoms. The van der Waals surface area contributed by atoms with Gasteiger partial charge in [0.2, 0.25) is 0 Å². The van der Waals surface area contributed by atoms with Gasteiger partial charge in [0.05, 0.1) is 11.7 Å². The molecule has 0 aromatic heterocycles. The Morgan fingerprint density at radius 1 is 1.37 bits per heavy atom. The highest BCUT2D eigenvalue weighted by Crippen LogP contribution is 2.39. The van der Waals surface area contributed by atoms with Crippen molar-refractivity contribution in [1.82, 2.24) is 0 Å². The van der Waals surface area contributed by atoms with Gasteiger partial charge < -0.3 is 9.31 Å². The van der Waals surface area contributed by atoms with Gasteiger partial charge in [0.25, 0.3) is 0 Å². The number of nitriles is 1. The van der Waals surface area contributed by atoms with Gasteiger partial charge in [-0.15, -0.1) is 0 Å². The molecule has 0 radical (unpaired) electrons. The van der Waals surface area contributed by atoms with Crippen LogP contribution < -0.4 is 0 Å². The Balaban J connectivity index is 3.06. The van der Waals surface area contributed by atoms with Crippen molar-refractivity contribution in [2.24, 2.45) is 5.41 Å². The summed E-state index contributed by atoms with van der Waals surface area (Å²) in [5, 5.41) is 9.09. The summed E-state index contributed by atoms with van der Waals surface area (Å²) in [5.74, 6) is 0. The lowest BCUT2D eigenvalue weighted by molar-refractivity contribution is -0.0949. The zero-order valence-corrected chi connectivity index (χ0v) is 12.5. The van der Waals surface area contributed by atoms with Crippen molar-refractivity contribution in [3.05, 3.63) is 35.9 Å². The van der Waals surface area contributed by atoms with Crippen LogP contribution in [0.5, 0.6) is 0 Å². The molecule has 19 heavy (non-hydrogen) atoms. The van der Waals surface area contributed by atoms with Gasteiger partial charge in [-0.3, -0.25) is 0 Å². The van der Waals surface area contributed by atoms with E-state index in [0.717, 1.165) is 5.47 Å². The van der Waals surface area contributed by atoms with E-state index in [4.69, 9.17) is 14.6 Å². The lowest BCUT2D eigenvalue weighted by atomic mass is 9.67. The molecule has 0 atom stereocenters. The highest BCUT2D eigenvalue weighted by molar-refractivity contribution is 6.55. The molecule has 1 saturated heterocycles. The van der Waals surface area contributed by atoms with E-state index in [0.29, 0.717) is 12.2 Å². The van der Waals surface area contributed by atoms with Gasteiger partial charge in [-0.05, 0) is 26.2 Å². The van der Waals surface area contributed by atoms with E-state index in [2.05, 4.69) is 40.3 Å². The molecule has 0 aliphatic carbocycles. The molecule has 0 amide bonds. The molecule has 0 saturated carbocycles. The Morgan fingerprint density at radius 3 is 2.47 bits per heavy atom. The van der Waals surface area contributed by atoms with Crippen LogP contribution in [0.1, 0.15) is 34.6 Å². The van der Waals surface area contributed by atoms with Crippen molar-refractivity contribution >= 4 is 7.12 Å². The monoisotopic (exact) mass is 259 g/mol. The molecular weight excluding hydrogens is 237 g/mol. The topological polar surface area (TPSA) is 42.2 Å². The summed E-state index contributed by atoms with van der Waals surface area (Å²) < 4.78 is 11.8. The van der Waals surface area contributed by atoms with Crippen LogP contribution in [0.4, 0.5) is 0 Å². The van der Waals surface area contributed by atoms with Crippen LogP contribution in [0.25, 0.3) is 0 Å². The standard InChI is InChI=1S/C15H22BNO2/c1-7-8-9-13(12(2)10-17)16-18-11-14(3,4)15(5,6)19-16/h7-9H,1,11H2,2-6H3/b9-8-,13-12-. The highest BCUT2D eigenvalue weighted by Gasteiger charge is 2.47. The van der Waals surface area contributed by atoms with Gasteiger partial charge in [-0.2, -0.15) is 5.26 Å². The maximum atomic E-state index is 9.09. The molecule has 102 valence electrons. The Morgan fingerprint density at radius 2 is 2.00 bits per heavy atom. The van der Waals surface area contributed by atoms with Gasteiger partial charge in [0.15, 0.2) is 0 Å². The van der Waals surface area contributed by atoms with Crippen molar-refractivity contribution in [1.29, 1.82) is 5.26 Å². The van der Waals surface area contributed by atoms with Crippen molar-refractivity contribution in [2.75, 3.05) is 6.61 Å². The summed E-state index contributed by atoms with van der Waals surface area (Å²) in [4.78, 5) is 0. The number of hydrogen-bond donors (Lipinski definition) is 0. The molecule has 1 aliphatic heterocycles. The first kappa shape index (κ1) is 15.8. The van der Waals surface area contributed by atoms with Crippen LogP contribution in [-0.2, 0) is 9.31 Å². The molecule has 1 heterocycles. The second-order valence-corrected chi connectivity index (χ2v) is 5.94. The molecule has 0 bridgehead atoms. The Hall–Kier alpha value is -1.31. The van der Waals surface area contributed by atoms with E-state index in [9.17, 15) is 0 Å². The van der Waals surface area contributed by atoms with E-state index in [1.165, 1.54) is 0 Å². The summed E-state index contributed by atoms with van der Waals surface area (Å²) in [6, 6.07) is 2.15. The Bertz CT molecular complexity index is 455. The second kappa shape index (κ2) is 5.77.